The molecule has 0 bridgehead atoms. The van der Waals surface area contributed by atoms with E-state index >= 15 is 0 Å². The first kappa shape index (κ1) is 35.7. The number of quaternary nitrogens is 1. The minimum absolute atomic E-state index is 0.106. The van der Waals surface area contributed by atoms with Gasteiger partial charge in [0.15, 0.2) is 6.04 Å². The van der Waals surface area contributed by atoms with Crippen molar-refractivity contribution in [1.29, 1.82) is 0 Å². The van der Waals surface area contributed by atoms with Gasteiger partial charge in [-0.05, 0) is 36.2 Å². The van der Waals surface area contributed by atoms with Crippen molar-refractivity contribution < 1.29 is 34.5 Å². The molecule has 3 rings (SSSR count). The Hall–Kier alpha value is -3.80. The second-order valence-electron chi connectivity index (χ2n) is 14.0. The molecular weight excluding hydrogens is 576 g/mol. The topological polar surface area (TPSA) is 173 Å². The van der Waals surface area contributed by atoms with Gasteiger partial charge in [0, 0.05) is 26.1 Å². The quantitative estimate of drug-likeness (QED) is 0.231. The number of carbonyl (C=O) groups is 6. The molecule has 12 heteroatoms. The maximum Gasteiger partial charge on any atom is 0.290 e. The summed E-state index contributed by atoms with van der Waals surface area (Å²) in [6.45, 7) is 9.68. The van der Waals surface area contributed by atoms with E-state index in [1.54, 1.807) is 49.3 Å². The highest BCUT2D eigenvalue weighted by Crippen LogP contribution is 2.35. The smallest absolute Gasteiger partial charge is 0.290 e. The van der Waals surface area contributed by atoms with Gasteiger partial charge in [-0.15, -0.1) is 0 Å². The first-order chi connectivity index (χ1) is 21.0. The Bertz CT molecular complexity index is 1260. The predicted molar refractivity (Wildman–Crippen MR) is 168 cm³/mol. The third-order valence-electron chi connectivity index (χ3n) is 8.85. The Morgan fingerprint density at radius 2 is 1.60 bits per heavy atom. The summed E-state index contributed by atoms with van der Waals surface area (Å²) < 4.78 is 0. The van der Waals surface area contributed by atoms with E-state index in [1.165, 1.54) is 4.90 Å². The number of likely N-dealkylation sites (N-methyl/N-ethyl adjacent to an activating group) is 1. The fraction of sp³-hybridized carbons (Fsp3) is 0.636. The second-order valence-corrected chi connectivity index (χ2v) is 14.0. The number of nitrogens with zero attached hydrogens (tertiary/aromatic N) is 2. The summed E-state index contributed by atoms with van der Waals surface area (Å²) in [5, 5.41) is 7.80. The van der Waals surface area contributed by atoms with Gasteiger partial charge in [-0.1, -0.05) is 77.8 Å². The van der Waals surface area contributed by atoms with Gasteiger partial charge in [-0.3, -0.25) is 28.8 Å². The first-order valence-corrected chi connectivity index (χ1v) is 15.8. The second kappa shape index (κ2) is 15.0. The molecule has 1 aromatic carbocycles. The van der Waals surface area contributed by atoms with Crippen LogP contribution in [0.25, 0.3) is 0 Å². The molecule has 1 heterocycles. The third kappa shape index (κ3) is 9.35. The lowest BCUT2D eigenvalue weighted by Crippen LogP contribution is -2.73. The van der Waals surface area contributed by atoms with Crippen molar-refractivity contribution in [1.82, 2.24) is 25.8 Å². The average Bonchev–Trinajstić information content (AvgIpc) is 3.69. The maximum atomic E-state index is 13.8. The molecule has 0 spiro atoms. The molecular formula is C33H51N6O6+. The number of ketones is 1. The monoisotopic (exact) mass is 627 g/mol. The van der Waals surface area contributed by atoms with E-state index in [0.29, 0.717) is 24.9 Å². The summed E-state index contributed by atoms with van der Waals surface area (Å²) in [7, 11) is 3.15. The van der Waals surface area contributed by atoms with Crippen LogP contribution in [0, 0.1) is 23.2 Å². The molecule has 1 saturated heterocycles. The standard InChI is InChI=1S/C33H50N6O6/c1-19(2)22-15-16-39(32(45)28(34)33(3,4)5)26(22)29(42)36-23(17-20-13-14-20)27(41)30(43)35-18-24(40)37-25(31(44)38(6)7)21-11-9-8-10-12-21/h8-12,19-20,22-23,25-26,28H,13-18,34H2,1-7H3,(H,35,43)(H,36,42)(H,37,40)/p+1. The van der Waals surface area contributed by atoms with E-state index in [-0.39, 0.29) is 29.6 Å². The molecule has 2 aliphatic rings. The van der Waals surface area contributed by atoms with Crippen LogP contribution in [-0.4, -0.2) is 90.4 Å². The molecule has 1 saturated carbocycles. The lowest BCUT2D eigenvalue weighted by Gasteiger charge is -2.33. The van der Waals surface area contributed by atoms with Crippen LogP contribution in [0.4, 0.5) is 0 Å². The number of likely N-dealkylation sites (tertiary alicyclic amines) is 1. The van der Waals surface area contributed by atoms with E-state index in [1.807, 2.05) is 34.6 Å². The van der Waals surface area contributed by atoms with Crippen LogP contribution in [0.1, 0.15) is 71.9 Å². The predicted octanol–water partition coefficient (Wildman–Crippen LogP) is 0.432. The highest BCUT2D eigenvalue weighted by Gasteiger charge is 2.48. The van der Waals surface area contributed by atoms with Crippen molar-refractivity contribution in [3.8, 4) is 0 Å². The zero-order valence-corrected chi connectivity index (χ0v) is 27.7. The number of benzene rings is 1. The average molecular weight is 628 g/mol. The fourth-order valence-corrected chi connectivity index (χ4v) is 5.65. The number of amides is 5. The van der Waals surface area contributed by atoms with Crippen molar-refractivity contribution in [2.24, 2.45) is 23.2 Å². The van der Waals surface area contributed by atoms with Crippen molar-refractivity contribution >= 4 is 35.3 Å². The molecule has 12 nitrogen and oxygen atoms in total. The number of rotatable bonds is 13. The molecule has 1 aliphatic carbocycles. The van der Waals surface area contributed by atoms with Gasteiger partial charge in [-0.25, -0.2) is 0 Å². The molecule has 248 valence electrons. The van der Waals surface area contributed by atoms with Crippen LogP contribution in [0.15, 0.2) is 30.3 Å². The summed E-state index contributed by atoms with van der Waals surface area (Å²) in [5.41, 5.74) is 4.26. The maximum absolute atomic E-state index is 13.8. The van der Waals surface area contributed by atoms with E-state index in [9.17, 15) is 28.8 Å². The van der Waals surface area contributed by atoms with Gasteiger partial charge in [0.05, 0.1) is 12.6 Å². The zero-order valence-electron chi connectivity index (χ0n) is 27.7. The van der Waals surface area contributed by atoms with Gasteiger partial charge in [0.25, 0.3) is 11.8 Å². The number of nitrogens with one attached hydrogen (secondary N) is 3. The Balaban J connectivity index is 1.70. The Kier molecular flexibility index (Phi) is 11.9. The van der Waals surface area contributed by atoms with Crippen LogP contribution in [0.3, 0.4) is 0 Å². The van der Waals surface area contributed by atoms with E-state index in [0.717, 1.165) is 12.8 Å². The van der Waals surface area contributed by atoms with Crippen LogP contribution >= 0.6 is 0 Å². The van der Waals surface area contributed by atoms with Crippen LogP contribution in [-0.2, 0) is 28.8 Å². The SMILES string of the molecule is CC(C)C1CCN(C(=O)C([NH3+])C(C)(C)C)C1C(=O)NC(CC1CC1)C(=O)C(=O)NCC(=O)NC(C(=O)N(C)C)c1ccccc1. The van der Waals surface area contributed by atoms with E-state index in [4.69, 9.17) is 0 Å². The lowest BCUT2D eigenvalue weighted by atomic mass is 9.85. The van der Waals surface area contributed by atoms with Crippen molar-refractivity contribution in [2.75, 3.05) is 27.2 Å². The van der Waals surface area contributed by atoms with Gasteiger partial charge in [-0.2, -0.15) is 0 Å². The molecule has 45 heavy (non-hydrogen) atoms. The molecule has 5 atom stereocenters. The number of hydrogen-bond donors (Lipinski definition) is 4. The Morgan fingerprint density at radius 3 is 2.13 bits per heavy atom. The lowest BCUT2D eigenvalue weighted by molar-refractivity contribution is -0.428. The highest BCUT2D eigenvalue weighted by atomic mass is 16.2. The molecule has 5 amide bonds. The Morgan fingerprint density at radius 1 is 0.978 bits per heavy atom. The molecule has 6 N–H and O–H groups in total. The molecule has 1 aliphatic heterocycles. The summed E-state index contributed by atoms with van der Waals surface area (Å²) in [4.78, 5) is 82.2. The van der Waals surface area contributed by atoms with Crippen molar-refractivity contribution in [3.05, 3.63) is 35.9 Å². The number of hydrogen-bond acceptors (Lipinski definition) is 6. The van der Waals surface area contributed by atoms with Gasteiger partial charge in [0.1, 0.15) is 12.1 Å². The minimum atomic E-state index is -1.09. The van der Waals surface area contributed by atoms with Crippen LogP contribution < -0.4 is 21.7 Å². The van der Waals surface area contributed by atoms with Crippen LogP contribution in [0.5, 0.6) is 0 Å². The number of Topliss-reactive ketones (excluding diaryl/α,β-unsaturated/α-hetero) is 1. The summed E-state index contributed by atoms with van der Waals surface area (Å²) in [6.07, 6.45) is 2.73. The third-order valence-corrected chi connectivity index (χ3v) is 8.85. The fourth-order valence-electron chi connectivity index (χ4n) is 5.65. The van der Waals surface area contributed by atoms with Gasteiger partial charge in [0.2, 0.25) is 23.5 Å². The molecule has 0 radical (unpaired) electrons. The molecule has 1 aromatic rings. The van der Waals surface area contributed by atoms with Crippen molar-refractivity contribution in [3.63, 3.8) is 0 Å². The molecule has 5 unspecified atom stereocenters. The molecule has 0 aromatic heterocycles. The van der Waals surface area contributed by atoms with Crippen molar-refractivity contribution in [2.45, 2.75) is 84.5 Å². The van der Waals surface area contributed by atoms with E-state index < -0.39 is 59.6 Å². The number of carbonyl (C=O) groups excluding carboxylic acids is 6. The van der Waals surface area contributed by atoms with Crippen LogP contribution in [0.2, 0.25) is 0 Å². The largest absolute Gasteiger partial charge is 0.347 e. The highest BCUT2D eigenvalue weighted by molar-refractivity contribution is 6.38. The Labute approximate surface area is 266 Å². The summed E-state index contributed by atoms with van der Waals surface area (Å²) in [6, 6.07) is 5.31. The normalized spacial score (nSPS) is 20.2. The minimum Gasteiger partial charge on any atom is -0.347 e. The zero-order chi connectivity index (χ0) is 33.6. The first-order valence-electron chi connectivity index (χ1n) is 15.8. The summed E-state index contributed by atoms with van der Waals surface area (Å²) in [5.74, 6) is -3.33. The summed E-state index contributed by atoms with van der Waals surface area (Å²) >= 11 is 0. The van der Waals surface area contributed by atoms with Gasteiger partial charge < -0.3 is 31.5 Å². The van der Waals surface area contributed by atoms with Gasteiger partial charge >= 0.3 is 0 Å². The van der Waals surface area contributed by atoms with E-state index in [2.05, 4.69) is 21.7 Å². The molecule has 2 fully saturated rings.